The van der Waals surface area contributed by atoms with E-state index in [1.54, 1.807) is 18.2 Å². The number of ether oxygens (including phenoxy) is 2. The lowest BCUT2D eigenvalue weighted by atomic mass is 10.1. The molecule has 2 amide bonds. The molecule has 2 aromatic rings. The highest BCUT2D eigenvalue weighted by Gasteiger charge is 2.36. The van der Waals surface area contributed by atoms with Gasteiger partial charge in [-0.15, -0.1) is 0 Å². The number of amides is 2. The number of nitrogens with zero attached hydrogens (tertiary/aromatic N) is 3. The first-order valence-corrected chi connectivity index (χ1v) is 9.86. The first-order chi connectivity index (χ1) is 15.3. The minimum atomic E-state index is -0.626. The highest BCUT2D eigenvalue weighted by Crippen LogP contribution is 2.34. The van der Waals surface area contributed by atoms with Crippen molar-refractivity contribution >= 4 is 40.5 Å². The van der Waals surface area contributed by atoms with Crippen molar-refractivity contribution in [2.45, 2.75) is 0 Å². The van der Waals surface area contributed by atoms with Gasteiger partial charge in [-0.3, -0.25) is 29.4 Å². The molecule has 1 heterocycles. The van der Waals surface area contributed by atoms with Gasteiger partial charge in [-0.1, -0.05) is 6.07 Å². The number of non-ortho nitro benzene ring substituents is 1. The monoisotopic (exact) mass is 453 g/mol. The number of imide groups is 1. The van der Waals surface area contributed by atoms with E-state index < -0.39 is 28.4 Å². The minimum Gasteiger partial charge on any atom is -0.493 e. The van der Waals surface area contributed by atoms with Crippen LogP contribution in [0.2, 0.25) is 0 Å². The molecular formula is C21H15N3O7S. The summed E-state index contributed by atoms with van der Waals surface area (Å²) in [5.74, 6) is -0.447. The molecule has 1 fully saturated rings. The second-order valence-electron chi connectivity index (χ2n) is 6.35. The summed E-state index contributed by atoms with van der Waals surface area (Å²) in [6, 6.07) is 11.6. The average molecular weight is 453 g/mol. The first kappa shape index (κ1) is 22.5. The zero-order valence-electron chi connectivity index (χ0n) is 16.6. The van der Waals surface area contributed by atoms with Gasteiger partial charge < -0.3 is 9.47 Å². The number of methoxy groups -OCH3 is 1. The predicted molar refractivity (Wildman–Crippen MR) is 114 cm³/mol. The number of benzene rings is 2. The summed E-state index contributed by atoms with van der Waals surface area (Å²) in [7, 11) is 1.43. The van der Waals surface area contributed by atoms with Gasteiger partial charge in [-0.2, -0.15) is 5.26 Å². The summed E-state index contributed by atoms with van der Waals surface area (Å²) in [5.41, 5.74) is 0.532. The molecule has 1 aliphatic rings. The van der Waals surface area contributed by atoms with Crippen molar-refractivity contribution in [1.82, 2.24) is 4.90 Å². The number of carbonyl (C=O) groups is 3. The van der Waals surface area contributed by atoms with Crippen LogP contribution in [0.15, 0.2) is 47.4 Å². The number of hydrogen-bond acceptors (Lipinski definition) is 9. The SMILES string of the molecule is COc1cc(/C=C2\SC(=O)N(CC(=O)c3ccc([N+](=O)[O-])cc3)C2=O)ccc1OCC#N. The van der Waals surface area contributed by atoms with Crippen LogP contribution >= 0.6 is 11.8 Å². The zero-order valence-corrected chi connectivity index (χ0v) is 17.5. The molecule has 1 aliphatic heterocycles. The fourth-order valence-corrected chi connectivity index (χ4v) is 3.63. The van der Waals surface area contributed by atoms with Crippen LogP contribution in [0.1, 0.15) is 15.9 Å². The molecule has 0 radical (unpaired) electrons. The predicted octanol–water partition coefficient (Wildman–Crippen LogP) is 3.42. The Labute approximate surface area is 186 Å². The van der Waals surface area contributed by atoms with Crippen LogP contribution in [0.25, 0.3) is 6.08 Å². The summed E-state index contributed by atoms with van der Waals surface area (Å²) >= 11 is 0.694. The summed E-state index contributed by atoms with van der Waals surface area (Å²) in [5, 5.41) is 18.8. The van der Waals surface area contributed by atoms with Gasteiger partial charge in [0.1, 0.15) is 6.07 Å². The molecule has 0 spiro atoms. The molecule has 0 saturated carbocycles. The second-order valence-corrected chi connectivity index (χ2v) is 7.35. The quantitative estimate of drug-likeness (QED) is 0.254. The molecule has 2 aromatic carbocycles. The number of nitro groups is 1. The van der Waals surface area contributed by atoms with Crippen molar-refractivity contribution < 1.29 is 28.8 Å². The number of carbonyl (C=O) groups excluding carboxylic acids is 3. The van der Waals surface area contributed by atoms with Crippen molar-refractivity contribution in [3.63, 3.8) is 0 Å². The van der Waals surface area contributed by atoms with Crippen LogP contribution in [0, 0.1) is 21.4 Å². The van der Waals surface area contributed by atoms with Crippen molar-refractivity contribution in [3.05, 3.63) is 68.6 Å². The lowest BCUT2D eigenvalue weighted by Crippen LogP contribution is -2.33. The van der Waals surface area contributed by atoms with Gasteiger partial charge in [-0.25, -0.2) is 0 Å². The Morgan fingerprint density at radius 2 is 1.94 bits per heavy atom. The van der Waals surface area contributed by atoms with E-state index in [9.17, 15) is 24.5 Å². The third-order valence-electron chi connectivity index (χ3n) is 4.35. The van der Waals surface area contributed by atoms with Crippen LogP contribution in [0.4, 0.5) is 10.5 Å². The van der Waals surface area contributed by atoms with E-state index in [-0.39, 0.29) is 22.8 Å². The summed E-state index contributed by atoms with van der Waals surface area (Å²) < 4.78 is 10.5. The Balaban J connectivity index is 1.75. The minimum absolute atomic E-state index is 0.124. The number of nitriles is 1. The van der Waals surface area contributed by atoms with Crippen molar-refractivity contribution in [2.24, 2.45) is 0 Å². The third kappa shape index (κ3) is 4.93. The zero-order chi connectivity index (χ0) is 23.3. The molecule has 0 bridgehead atoms. The Morgan fingerprint density at radius 1 is 1.22 bits per heavy atom. The number of nitro benzene ring substituents is 1. The Kier molecular flexibility index (Phi) is 6.87. The van der Waals surface area contributed by atoms with Crippen molar-refractivity contribution in [3.8, 4) is 17.6 Å². The highest BCUT2D eigenvalue weighted by atomic mass is 32.2. The molecule has 0 aliphatic carbocycles. The van der Waals surface area contributed by atoms with E-state index in [1.165, 1.54) is 37.5 Å². The molecule has 162 valence electrons. The van der Waals surface area contributed by atoms with E-state index in [0.29, 0.717) is 28.8 Å². The van der Waals surface area contributed by atoms with Crippen LogP contribution in [-0.2, 0) is 4.79 Å². The fraction of sp³-hybridized carbons (Fsp3) is 0.143. The van der Waals surface area contributed by atoms with Gasteiger partial charge in [0.2, 0.25) is 0 Å². The molecule has 32 heavy (non-hydrogen) atoms. The molecule has 0 atom stereocenters. The normalized spacial score (nSPS) is 14.4. The van der Waals surface area contributed by atoms with Gasteiger partial charge in [0.05, 0.1) is 23.5 Å². The van der Waals surface area contributed by atoms with Gasteiger partial charge >= 0.3 is 0 Å². The highest BCUT2D eigenvalue weighted by molar-refractivity contribution is 8.18. The van der Waals surface area contributed by atoms with E-state index in [1.807, 2.05) is 6.07 Å². The van der Waals surface area contributed by atoms with Crippen LogP contribution in [0.3, 0.4) is 0 Å². The van der Waals surface area contributed by atoms with Crippen LogP contribution in [-0.4, -0.2) is 47.0 Å². The summed E-state index contributed by atoms with van der Waals surface area (Å²) in [4.78, 5) is 48.5. The van der Waals surface area contributed by atoms with Crippen LogP contribution < -0.4 is 9.47 Å². The average Bonchev–Trinajstić information content (AvgIpc) is 3.05. The molecule has 10 nitrogen and oxygen atoms in total. The number of rotatable bonds is 8. The largest absolute Gasteiger partial charge is 0.493 e. The van der Waals surface area contributed by atoms with Crippen molar-refractivity contribution in [2.75, 3.05) is 20.3 Å². The van der Waals surface area contributed by atoms with E-state index in [4.69, 9.17) is 14.7 Å². The number of thioether (sulfide) groups is 1. The second kappa shape index (κ2) is 9.76. The van der Waals surface area contributed by atoms with Gasteiger partial charge in [0.25, 0.3) is 16.8 Å². The van der Waals surface area contributed by atoms with E-state index >= 15 is 0 Å². The molecule has 0 aromatic heterocycles. The number of hydrogen-bond donors (Lipinski definition) is 0. The van der Waals surface area contributed by atoms with E-state index in [0.717, 1.165) is 4.90 Å². The molecule has 11 heteroatoms. The number of ketones is 1. The molecule has 1 saturated heterocycles. The summed E-state index contributed by atoms with van der Waals surface area (Å²) in [6.07, 6.45) is 1.48. The topological polar surface area (TPSA) is 140 Å². The van der Waals surface area contributed by atoms with Crippen molar-refractivity contribution in [1.29, 1.82) is 5.26 Å². The molecular weight excluding hydrogens is 438 g/mol. The maximum atomic E-state index is 12.7. The molecule has 0 N–H and O–H groups in total. The van der Waals surface area contributed by atoms with Gasteiger partial charge in [0.15, 0.2) is 23.9 Å². The Bertz CT molecular complexity index is 1170. The lowest BCUT2D eigenvalue weighted by molar-refractivity contribution is -0.384. The lowest BCUT2D eigenvalue weighted by Gasteiger charge is -2.11. The summed E-state index contributed by atoms with van der Waals surface area (Å²) in [6.45, 7) is -0.637. The maximum absolute atomic E-state index is 12.7. The maximum Gasteiger partial charge on any atom is 0.293 e. The van der Waals surface area contributed by atoms with Gasteiger partial charge in [0, 0.05) is 17.7 Å². The fourth-order valence-electron chi connectivity index (χ4n) is 2.79. The van der Waals surface area contributed by atoms with Gasteiger partial charge in [-0.05, 0) is 47.7 Å². The number of Topliss-reactive ketones (excluding diaryl/α,β-unsaturated/α-hetero) is 1. The Morgan fingerprint density at radius 3 is 2.56 bits per heavy atom. The standard InChI is InChI=1S/C21H15N3O7S/c1-30-18-10-13(2-7-17(18)31-9-8-22)11-19-20(26)23(21(27)32-19)12-16(25)14-3-5-15(6-4-14)24(28)29/h2-7,10-11H,9,12H2,1H3/b19-11-. The molecule has 0 unspecified atom stereocenters. The third-order valence-corrected chi connectivity index (χ3v) is 5.26. The van der Waals surface area contributed by atoms with E-state index in [2.05, 4.69) is 0 Å². The first-order valence-electron chi connectivity index (χ1n) is 9.05. The Hall–Kier alpha value is -4.17. The smallest absolute Gasteiger partial charge is 0.293 e. The van der Waals surface area contributed by atoms with Crippen LogP contribution in [0.5, 0.6) is 11.5 Å². The molecule has 3 rings (SSSR count).